The minimum absolute atomic E-state index is 0.575. The van der Waals surface area contributed by atoms with Crippen LogP contribution in [0.1, 0.15) is 44.5 Å². The fourth-order valence-corrected chi connectivity index (χ4v) is 18.7. The van der Waals surface area contributed by atoms with Gasteiger partial charge in [-0.1, -0.05) is 249 Å². The van der Waals surface area contributed by atoms with Crippen molar-refractivity contribution < 1.29 is 0 Å². The number of fused-ring (bicyclic) bond motifs is 34. The highest BCUT2D eigenvalue weighted by atomic mass is 14.8. The van der Waals surface area contributed by atoms with Gasteiger partial charge in [0.15, 0.2) is 0 Å². The summed E-state index contributed by atoms with van der Waals surface area (Å²) in [5.74, 6) is 0. The Labute approximate surface area is 565 Å². The summed E-state index contributed by atoms with van der Waals surface area (Å²) in [4.78, 5) is 20.2. The second-order valence-corrected chi connectivity index (χ2v) is 26.9. The summed E-state index contributed by atoms with van der Waals surface area (Å²) in [6.07, 6.45) is 9.89. The molecule has 0 saturated heterocycles. The summed E-state index contributed by atoms with van der Waals surface area (Å²) in [5.41, 5.74) is 29.8. The lowest BCUT2D eigenvalue weighted by molar-refractivity contribution is 0.803. The van der Waals surface area contributed by atoms with Gasteiger partial charge < -0.3 is 0 Å². The summed E-state index contributed by atoms with van der Waals surface area (Å²) >= 11 is 0. The van der Waals surface area contributed by atoms with E-state index in [9.17, 15) is 0 Å². The highest BCUT2D eigenvalue weighted by Gasteiger charge is 2.56. The van der Waals surface area contributed by atoms with Crippen LogP contribution in [-0.4, -0.2) is 19.9 Å². The highest BCUT2D eigenvalue weighted by Crippen LogP contribution is 2.69. The number of aromatic nitrogens is 4. The van der Waals surface area contributed by atoms with Gasteiger partial charge in [0.2, 0.25) is 0 Å². The van der Waals surface area contributed by atoms with Crippen LogP contribution in [0.15, 0.2) is 328 Å². The summed E-state index contributed by atoms with van der Waals surface area (Å²) in [6, 6.07) is 111. The third kappa shape index (κ3) is 6.92. The summed E-state index contributed by atoms with van der Waals surface area (Å²) in [5, 5.41) is 14.9. The van der Waals surface area contributed by atoms with Crippen molar-refractivity contribution in [1.82, 2.24) is 19.9 Å². The van der Waals surface area contributed by atoms with Crippen molar-refractivity contribution in [2.24, 2.45) is 0 Å². The monoisotopic (exact) mass is 1240 g/mol. The molecular weight excluding hydrogens is 1190 g/mol. The molecule has 4 aromatic heterocycles. The number of pyridine rings is 4. The molecule has 4 heterocycles. The normalized spacial score (nSPS) is 13.7. The van der Waals surface area contributed by atoms with E-state index in [4.69, 9.17) is 19.9 Å². The molecule has 0 radical (unpaired) electrons. The highest BCUT2D eigenvalue weighted by molar-refractivity contribution is 6.26. The maximum absolute atomic E-state index is 5.29. The van der Waals surface area contributed by atoms with E-state index in [-0.39, 0.29) is 0 Å². The first kappa shape index (κ1) is 53.6. The minimum Gasteiger partial charge on any atom is -0.263 e. The number of benzene rings is 14. The maximum atomic E-state index is 5.29. The van der Waals surface area contributed by atoms with E-state index in [2.05, 4.69) is 291 Å². The zero-order chi connectivity index (χ0) is 64.0. The van der Waals surface area contributed by atoms with Crippen LogP contribution in [0.25, 0.3) is 165 Å². The number of hydrogen-bond donors (Lipinski definition) is 0. The first-order valence-electron chi connectivity index (χ1n) is 33.9. The second kappa shape index (κ2) is 19.9. The Bertz CT molecular complexity index is 6450. The average Bonchev–Trinajstić information content (AvgIpc) is 1.50. The van der Waals surface area contributed by atoms with Gasteiger partial charge in [-0.2, -0.15) is 0 Å². The van der Waals surface area contributed by atoms with Gasteiger partial charge in [0, 0.05) is 53.2 Å². The quantitative estimate of drug-likeness (QED) is 0.161. The summed E-state index contributed by atoms with van der Waals surface area (Å²) in [7, 11) is 0. The molecule has 2 spiro atoms. The van der Waals surface area contributed by atoms with Gasteiger partial charge >= 0.3 is 0 Å². The molecule has 0 fully saturated rings. The van der Waals surface area contributed by atoms with Crippen LogP contribution < -0.4 is 0 Å². The molecule has 4 nitrogen and oxygen atoms in total. The molecule has 0 saturated carbocycles. The topological polar surface area (TPSA) is 51.6 Å². The molecule has 98 heavy (non-hydrogen) atoms. The molecule has 14 aromatic carbocycles. The third-order valence-corrected chi connectivity index (χ3v) is 22.5. The van der Waals surface area contributed by atoms with Crippen molar-refractivity contribution in [3.05, 3.63) is 373 Å². The molecule has 4 heteroatoms. The van der Waals surface area contributed by atoms with Crippen molar-refractivity contribution in [1.29, 1.82) is 0 Å². The first-order valence-corrected chi connectivity index (χ1v) is 33.9. The Morgan fingerprint density at radius 1 is 0.194 bits per heavy atom. The van der Waals surface area contributed by atoms with Crippen molar-refractivity contribution in [2.45, 2.75) is 10.8 Å². The number of rotatable bonds is 5. The minimum atomic E-state index is -0.633. The van der Waals surface area contributed by atoms with Crippen molar-refractivity contribution in [3.8, 4) is 101 Å². The Balaban J connectivity index is 0.688. The smallest absolute Gasteiger partial charge is 0.0886 e. The van der Waals surface area contributed by atoms with E-state index in [0.29, 0.717) is 0 Å². The van der Waals surface area contributed by atoms with E-state index in [1.807, 2.05) is 36.9 Å². The van der Waals surface area contributed by atoms with Crippen LogP contribution in [0, 0.1) is 0 Å². The lowest BCUT2D eigenvalue weighted by Crippen LogP contribution is -2.26. The number of nitrogens with zero attached hydrogens (tertiary/aromatic N) is 4. The average molecular weight is 1240 g/mol. The predicted molar refractivity (Wildman–Crippen MR) is 402 cm³/mol. The van der Waals surface area contributed by atoms with Crippen LogP contribution in [0.2, 0.25) is 0 Å². The molecule has 0 bridgehead atoms. The van der Waals surface area contributed by atoms with Crippen LogP contribution in [-0.2, 0) is 10.8 Å². The van der Waals surface area contributed by atoms with Crippen LogP contribution in [0.3, 0.4) is 0 Å². The summed E-state index contributed by atoms with van der Waals surface area (Å²) < 4.78 is 0. The SMILES string of the molecule is c1ccc(-c2cncc(-c3cc4c(c5ccccc35)-c3c(c5ccccc5c5cc(-c6ccc(-c7ccc(-c8cc9c(c%10ccccc8%10)-c8c(c%10ccccc%10c%10ccccc8%10)C98c9ccccc9-c9ccccc98)cn7)nc6)ccc35)C43c4ccccc4-c4ccccc43)c2)nc1. The van der Waals surface area contributed by atoms with Gasteiger partial charge in [0.1, 0.15) is 0 Å². The molecule has 450 valence electrons. The third-order valence-electron chi connectivity index (χ3n) is 22.5. The largest absolute Gasteiger partial charge is 0.263 e. The molecule has 0 N–H and O–H groups in total. The maximum Gasteiger partial charge on any atom is 0.0886 e. The first-order chi connectivity index (χ1) is 48.6. The molecule has 0 atom stereocenters. The zero-order valence-electron chi connectivity index (χ0n) is 53.0. The van der Waals surface area contributed by atoms with Crippen molar-refractivity contribution in [2.75, 3.05) is 0 Å². The van der Waals surface area contributed by atoms with Crippen molar-refractivity contribution in [3.63, 3.8) is 0 Å². The fourth-order valence-electron chi connectivity index (χ4n) is 18.7. The van der Waals surface area contributed by atoms with E-state index in [0.717, 1.165) is 56.0 Å². The molecular formula is C94H54N4. The predicted octanol–water partition coefficient (Wildman–Crippen LogP) is 23.2. The van der Waals surface area contributed by atoms with E-state index in [1.54, 1.807) is 0 Å². The molecule has 0 aliphatic heterocycles. The Morgan fingerprint density at radius 2 is 0.582 bits per heavy atom. The molecule has 4 aliphatic rings. The Morgan fingerprint density at radius 3 is 1.07 bits per heavy atom. The van der Waals surface area contributed by atoms with Crippen LogP contribution in [0.4, 0.5) is 0 Å². The van der Waals surface area contributed by atoms with Gasteiger partial charge in [0.25, 0.3) is 0 Å². The molecule has 18 aromatic rings. The van der Waals surface area contributed by atoms with E-state index in [1.165, 1.54) is 154 Å². The lowest BCUT2D eigenvalue weighted by atomic mass is 9.68. The second-order valence-electron chi connectivity index (χ2n) is 26.9. The summed E-state index contributed by atoms with van der Waals surface area (Å²) in [6.45, 7) is 0. The number of hydrogen-bond acceptors (Lipinski definition) is 4. The molecule has 4 aliphatic carbocycles. The van der Waals surface area contributed by atoms with Gasteiger partial charge in [-0.3, -0.25) is 19.9 Å². The molecule has 22 rings (SSSR count). The molecule has 0 amide bonds. The molecule has 0 unspecified atom stereocenters. The van der Waals surface area contributed by atoms with E-state index < -0.39 is 10.8 Å². The fraction of sp³-hybridized carbons (Fsp3) is 0.0213. The van der Waals surface area contributed by atoms with Crippen LogP contribution in [0.5, 0.6) is 0 Å². The standard InChI is InChI=1S/C94H54N4/c1-8-32-71-60(21-1)61-22-4-9-33-73(61)91-89(71)87-69-30-6-2-23-62(69)75(49-82(87)93(91)78-35-15-11-26-65(78)66-27-12-16-36-79(66)93)57-42-45-86(98-54-57)85-44-41-56(53-97-85)55-40-43-72-77(48-55)64-25-5-10-34-74(64)92-90(72)88-70-31-7-3-24-63(70)76(58-47-59(52-95-51-58)84-39-19-20-46-96-84)50-83(88)94(92)80-37-17-13-28-67(80)68-29-14-18-38-81(68)94/h1-54H. The van der Waals surface area contributed by atoms with Gasteiger partial charge in [-0.15, -0.1) is 0 Å². The zero-order valence-corrected chi connectivity index (χ0v) is 53.0. The van der Waals surface area contributed by atoms with Crippen molar-refractivity contribution >= 4 is 64.6 Å². The van der Waals surface area contributed by atoms with Gasteiger partial charge in [-0.05, 0) is 219 Å². The Kier molecular flexibility index (Phi) is 10.9. The van der Waals surface area contributed by atoms with Crippen LogP contribution >= 0.6 is 0 Å². The van der Waals surface area contributed by atoms with E-state index >= 15 is 0 Å². The lowest BCUT2D eigenvalue weighted by Gasteiger charge is -2.32. The Hall–Kier alpha value is -12.8. The van der Waals surface area contributed by atoms with Gasteiger partial charge in [0.05, 0.1) is 27.9 Å². The van der Waals surface area contributed by atoms with Gasteiger partial charge in [-0.25, -0.2) is 0 Å².